The molecule has 0 aromatic carbocycles. The van der Waals surface area contributed by atoms with Gasteiger partial charge in [0.1, 0.15) is 0 Å². The predicted octanol–water partition coefficient (Wildman–Crippen LogP) is -0.650. The molecule has 0 spiro atoms. The Kier molecular flexibility index (Phi) is 5.15. The van der Waals surface area contributed by atoms with Crippen molar-refractivity contribution >= 4 is 11.8 Å². The van der Waals surface area contributed by atoms with Gasteiger partial charge in [0.25, 0.3) is 0 Å². The van der Waals surface area contributed by atoms with E-state index in [4.69, 9.17) is 4.74 Å². The molecule has 2 N–H and O–H groups in total. The lowest BCUT2D eigenvalue weighted by Crippen LogP contribution is -2.47. The highest BCUT2D eigenvalue weighted by atomic mass is 16.5. The summed E-state index contributed by atoms with van der Waals surface area (Å²) in [5, 5.41) is 6.31. The molecule has 2 saturated heterocycles. The molecule has 2 rings (SSSR count). The molecule has 2 aliphatic rings. The van der Waals surface area contributed by atoms with Crippen molar-refractivity contribution in [2.75, 3.05) is 39.9 Å². The van der Waals surface area contributed by atoms with Gasteiger partial charge in [-0.3, -0.25) is 9.59 Å². The third-order valence-electron chi connectivity index (χ3n) is 3.79. The number of ether oxygens (including phenoxy) is 1. The number of piperidine rings is 1. The van der Waals surface area contributed by atoms with Gasteiger partial charge >= 0.3 is 0 Å². The molecule has 1 unspecified atom stereocenters. The third-order valence-corrected chi connectivity index (χ3v) is 3.79. The van der Waals surface area contributed by atoms with E-state index in [-0.39, 0.29) is 23.8 Å². The number of methoxy groups -OCH3 is 1. The van der Waals surface area contributed by atoms with Gasteiger partial charge in [0.05, 0.1) is 12.5 Å². The number of carbonyl (C=O) groups excluding carboxylic acids is 2. The summed E-state index contributed by atoms with van der Waals surface area (Å²) < 4.78 is 4.97. The van der Waals surface area contributed by atoms with Crippen molar-refractivity contribution in [3.63, 3.8) is 0 Å². The van der Waals surface area contributed by atoms with Gasteiger partial charge in [0.15, 0.2) is 0 Å². The maximum atomic E-state index is 12.1. The molecular formula is C13H23N3O3. The lowest BCUT2D eigenvalue weighted by molar-refractivity contribution is -0.129. The average molecular weight is 269 g/mol. The molecule has 108 valence electrons. The van der Waals surface area contributed by atoms with E-state index in [1.807, 2.05) is 0 Å². The zero-order chi connectivity index (χ0) is 13.7. The Labute approximate surface area is 113 Å². The Morgan fingerprint density at radius 2 is 2.42 bits per heavy atom. The summed E-state index contributed by atoms with van der Waals surface area (Å²) in [7, 11) is 1.61. The van der Waals surface area contributed by atoms with Crippen LogP contribution in [0.15, 0.2) is 0 Å². The first-order valence-corrected chi connectivity index (χ1v) is 6.98. The maximum Gasteiger partial charge on any atom is 0.225 e. The van der Waals surface area contributed by atoms with Crippen molar-refractivity contribution in [3.8, 4) is 0 Å². The number of rotatable bonds is 5. The first-order valence-electron chi connectivity index (χ1n) is 6.98. The Balaban J connectivity index is 1.78. The number of amides is 2. The van der Waals surface area contributed by atoms with Crippen molar-refractivity contribution < 1.29 is 14.3 Å². The summed E-state index contributed by atoms with van der Waals surface area (Å²) in [5.74, 6) is -0.132. The number of hydrogen-bond acceptors (Lipinski definition) is 4. The van der Waals surface area contributed by atoms with Gasteiger partial charge in [-0.25, -0.2) is 0 Å². The topological polar surface area (TPSA) is 70.7 Å². The number of carbonyl (C=O) groups is 2. The highest BCUT2D eigenvalue weighted by molar-refractivity contribution is 5.89. The molecule has 2 heterocycles. The van der Waals surface area contributed by atoms with Crippen molar-refractivity contribution in [2.24, 2.45) is 5.92 Å². The summed E-state index contributed by atoms with van der Waals surface area (Å²) in [6.45, 7) is 3.48. The van der Waals surface area contributed by atoms with Crippen LogP contribution in [0, 0.1) is 5.92 Å². The number of hydrogen-bond donors (Lipinski definition) is 2. The second-order valence-electron chi connectivity index (χ2n) is 5.29. The molecule has 19 heavy (non-hydrogen) atoms. The van der Waals surface area contributed by atoms with E-state index in [2.05, 4.69) is 10.6 Å². The van der Waals surface area contributed by atoms with Gasteiger partial charge in [-0.1, -0.05) is 0 Å². The monoisotopic (exact) mass is 269 g/mol. The van der Waals surface area contributed by atoms with E-state index in [0.29, 0.717) is 26.1 Å². The van der Waals surface area contributed by atoms with E-state index in [0.717, 1.165) is 25.9 Å². The van der Waals surface area contributed by atoms with Gasteiger partial charge in [-0.15, -0.1) is 0 Å². The summed E-state index contributed by atoms with van der Waals surface area (Å²) in [4.78, 5) is 25.6. The van der Waals surface area contributed by atoms with Crippen LogP contribution in [0.3, 0.4) is 0 Å². The normalized spacial score (nSPS) is 27.6. The minimum atomic E-state index is -0.203. The standard InChI is InChI=1S/C13H23N3O3/c1-19-6-5-16-9-10(7-12(16)17)13(18)15-11-3-2-4-14-8-11/h10-11,14H,2-9H2,1H3,(H,15,18)/t10?,11-/m0/s1. The Hall–Kier alpha value is -1.14. The molecule has 2 aliphatic heterocycles. The average Bonchev–Trinajstić information content (AvgIpc) is 2.79. The summed E-state index contributed by atoms with van der Waals surface area (Å²) in [5.41, 5.74) is 0. The van der Waals surface area contributed by atoms with Crippen LogP contribution in [0.4, 0.5) is 0 Å². The SMILES string of the molecule is COCCN1CC(C(=O)N[C@H]2CCCNC2)CC1=O. The van der Waals surface area contributed by atoms with E-state index in [1.54, 1.807) is 12.0 Å². The number of likely N-dealkylation sites (tertiary alicyclic amines) is 1. The second kappa shape index (κ2) is 6.86. The zero-order valence-electron chi connectivity index (χ0n) is 11.5. The van der Waals surface area contributed by atoms with Crippen molar-refractivity contribution in [1.82, 2.24) is 15.5 Å². The molecular weight excluding hydrogens is 246 g/mol. The minimum absolute atomic E-state index is 0.0157. The first kappa shape index (κ1) is 14.3. The molecule has 2 atom stereocenters. The molecule has 0 aromatic heterocycles. The molecule has 6 heteroatoms. The van der Waals surface area contributed by atoms with Crippen LogP contribution in [0.5, 0.6) is 0 Å². The molecule has 0 radical (unpaired) electrons. The van der Waals surface area contributed by atoms with Crippen LogP contribution in [0.25, 0.3) is 0 Å². The Bertz CT molecular complexity index is 329. The smallest absolute Gasteiger partial charge is 0.225 e. The highest BCUT2D eigenvalue weighted by Crippen LogP contribution is 2.18. The van der Waals surface area contributed by atoms with Crippen LogP contribution >= 0.6 is 0 Å². The molecule has 2 fully saturated rings. The first-order chi connectivity index (χ1) is 9.20. The Morgan fingerprint density at radius 1 is 1.58 bits per heavy atom. The van der Waals surface area contributed by atoms with Crippen LogP contribution in [-0.2, 0) is 14.3 Å². The largest absolute Gasteiger partial charge is 0.383 e. The fourth-order valence-corrected chi connectivity index (χ4v) is 2.66. The number of nitrogens with one attached hydrogen (secondary N) is 2. The number of nitrogens with zero attached hydrogens (tertiary/aromatic N) is 1. The lowest BCUT2D eigenvalue weighted by Gasteiger charge is -2.25. The lowest BCUT2D eigenvalue weighted by atomic mass is 10.0. The predicted molar refractivity (Wildman–Crippen MR) is 70.6 cm³/mol. The fourth-order valence-electron chi connectivity index (χ4n) is 2.66. The quantitative estimate of drug-likeness (QED) is 0.696. The molecule has 2 amide bonds. The summed E-state index contributed by atoms with van der Waals surface area (Å²) in [6, 6.07) is 0.212. The van der Waals surface area contributed by atoms with E-state index < -0.39 is 0 Å². The summed E-state index contributed by atoms with van der Waals surface area (Å²) in [6.07, 6.45) is 2.44. The third kappa shape index (κ3) is 3.91. The van der Waals surface area contributed by atoms with Gasteiger partial charge in [0, 0.05) is 39.2 Å². The fraction of sp³-hybridized carbons (Fsp3) is 0.846. The van der Waals surface area contributed by atoms with Gasteiger partial charge in [-0.2, -0.15) is 0 Å². The zero-order valence-corrected chi connectivity index (χ0v) is 11.5. The van der Waals surface area contributed by atoms with E-state index in [9.17, 15) is 9.59 Å². The van der Waals surface area contributed by atoms with Crippen LogP contribution in [0.2, 0.25) is 0 Å². The van der Waals surface area contributed by atoms with Gasteiger partial charge < -0.3 is 20.3 Å². The molecule has 6 nitrogen and oxygen atoms in total. The maximum absolute atomic E-state index is 12.1. The molecule has 0 aliphatic carbocycles. The van der Waals surface area contributed by atoms with E-state index >= 15 is 0 Å². The molecule has 0 aromatic rings. The van der Waals surface area contributed by atoms with Crippen molar-refractivity contribution in [3.05, 3.63) is 0 Å². The minimum Gasteiger partial charge on any atom is -0.383 e. The molecule has 0 saturated carbocycles. The van der Waals surface area contributed by atoms with Gasteiger partial charge in [0.2, 0.25) is 11.8 Å². The van der Waals surface area contributed by atoms with Crippen LogP contribution < -0.4 is 10.6 Å². The van der Waals surface area contributed by atoms with Crippen molar-refractivity contribution in [2.45, 2.75) is 25.3 Å². The van der Waals surface area contributed by atoms with Crippen LogP contribution in [0.1, 0.15) is 19.3 Å². The van der Waals surface area contributed by atoms with Crippen LogP contribution in [-0.4, -0.2) is 62.7 Å². The summed E-state index contributed by atoms with van der Waals surface area (Å²) >= 11 is 0. The molecule has 0 bridgehead atoms. The second-order valence-corrected chi connectivity index (χ2v) is 5.29. The Morgan fingerprint density at radius 3 is 3.11 bits per heavy atom. The van der Waals surface area contributed by atoms with Gasteiger partial charge in [-0.05, 0) is 19.4 Å². The highest BCUT2D eigenvalue weighted by Gasteiger charge is 2.34. The van der Waals surface area contributed by atoms with E-state index in [1.165, 1.54) is 0 Å². The van der Waals surface area contributed by atoms with Crippen molar-refractivity contribution in [1.29, 1.82) is 0 Å².